The summed E-state index contributed by atoms with van der Waals surface area (Å²) in [6, 6.07) is 14.4. The van der Waals surface area contributed by atoms with Crippen molar-refractivity contribution in [3.63, 3.8) is 0 Å². The van der Waals surface area contributed by atoms with Gasteiger partial charge >= 0.3 is 0 Å². The minimum absolute atomic E-state index is 0.210. The molecule has 7 heteroatoms. The minimum atomic E-state index is -0.636. The van der Waals surface area contributed by atoms with E-state index >= 15 is 0 Å². The molecule has 1 atom stereocenters. The molecule has 1 aromatic carbocycles. The van der Waals surface area contributed by atoms with Crippen LogP contribution < -0.4 is 10.1 Å². The largest absolute Gasteiger partial charge is 0.481 e. The number of rotatable bonds is 6. The number of nitrogens with one attached hydrogen (secondary N) is 1. The molecule has 0 aliphatic rings. The van der Waals surface area contributed by atoms with Gasteiger partial charge in [0.1, 0.15) is 11.6 Å². The second-order valence-corrected chi connectivity index (χ2v) is 5.48. The zero-order chi connectivity index (χ0) is 17.6. The van der Waals surface area contributed by atoms with Crippen LogP contribution in [-0.2, 0) is 11.2 Å². The monoisotopic (exact) mass is 335 g/mol. The second kappa shape index (κ2) is 7.45. The molecule has 0 spiro atoms. The molecule has 0 radical (unpaired) electrons. The van der Waals surface area contributed by atoms with E-state index < -0.39 is 6.10 Å². The predicted molar refractivity (Wildman–Crippen MR) is 90.9 cm³/mol. The third-order valence-electron chi connectivity index (χ3n) is 3.70. The Labute approximate surface area is 144 Å². The highest BCUT2D eigenvalue weighted by atomic mass is 16.5. The van der Waals surface area contributed by atoms with Crippen LogP contribution in [0.3, 0.4) is 0 Å². The lowest BCUT2D eigenvalue weighted by Gasteiger charge is -2.14. The van der Waals surface area contributed by atoms with E-state index in [4.69, 9.17) is 10.00 Å². The maximum Gasteiger partial charge on any atom is 0.260 e. The topological polar surface area (TPSA) is 92.3 Å². The van der Waals surface area contributed by atoms with Crippen LogP contribution in [0.2, 0.25) is 0 Å². The molecule has 1 amide bonds. The van der Waals surface area contributed by atoms with Gasteiger partial charge in [0.25, 0.3) is 5.91 Å². The normalized spacial score (nSPS) is 11.7. The number of amides is 1. The second-order valence-electron chi connectivity index (χ2n) is 5.48. The summed E-state index contributed by atoms with van der Waals surface area (Å²) < 4.78 is 7.47. The van der Waals surface area contributed by atoms with Gasteiger partial charge in [0, 0.05) is 19.2 Å². The Balaban J connectivity index is 1.50. The fourth-order valence-corrected chi connectivity index (χ4v) is 2.37. The van der Waals surface area contributed by atoms with Crippen molar-refractivity contribution in [2.75, 3.05) is 6.54 Å². The fraction of sp³-hybridized carbons (Fsp3) is 0.222. The summed E-state index contributed by atoms with van der Waals surface area (Å²) in [5, 5.41) is 19.8. The quantitative estimate of drug-likeness (QED) is 0.740. The van der Waals surface area contributed by atoms with Crippen LogP contribution in [0.25, 0.3) is 5.65 Å². The zero-order valence-corrected chi connectivity index (χ0v) is 13.7. The van der Waals surface area contributed by atoms with Crippen molar-refractivity contribution < 1.29 is 9.53 Å². The standard InChI is InChI=1S/C18H17N5O2/c1-13(25-15-7-5-14(12-19)6-8-15)18(24)20-10-9-17-22-21-16-4-2-3-11-23(16)17/h2-8,11,13H,9-10H2,1H3,(H,20,24). The van der Waals surface area contributed by atoms with Gasteiger partial charge in [-0.1, -0.05) is 6.07 Å². The number of carbonyl (C=O) groups excluding carboxylic acids is 1. The molecule has 25 heavy (non-hydrogen) atoms. The third-order valence-corrected chi connectivity index (χ3v) is 3.70. The molecule has 2 aromatic heterocycles. The smallest absolute Gasteiger partial charge is 0.260 e. The first kappa shape index (κ1) is 16.5. The van der Waals surface area contributed by atoms with Crippen LogP contribution in [0.4, 0.5) is 0 Å². The van der Waals surface area contributed by atoms with Gasteiger partial charge in [-0.2, -0.15) is 5.26 Å². The van der Waals surface area contributed by atoms with E-state index in [1.54, 1.807) is 31.2 Å². The third kappa shape index (κ3) is 3.93. The first-order valence-electron chi connectivity index (χ1n) is 7.90. The fourth-order valence-electron chi connectivity index (χ4n) is 2.37. The molecule has 2 heterocycles. The lowest BCUT2D eigenvalue weighted by Crippen LogP contribution is -2.37. The molecule has 0 saturated carbocycles. The van der Waals surface area contributed by atoms with E-state index in [0.717, 1.165) is 11.5 Å². The molecule has 0 bridgehead atoms. The van der Waals surface area contributed by atoms with Crippen molar-refractivity contribution in [2.45, 2.75) is 19.4 Å². The molecular formula is C18H17N5O2. The van der Waals surface area contributed by atoms with E-state index in [1.807, 2.05) is 34.9 Å². The van der Waals surface area contributed by atoms with Crippen molar-refractivity contribution >= 4 is 11.6 Å². The molecule has 3 rings (SSSR count). The summed E-state index contributed by atoms with van der Waals surface area (Å²) in [5.41, 5.74) is 1.33. The van der Waals surface area contributed by atoms with Gasteiger partial charge in [-0.05, 0) is 43.3 Å². The molecule has 126 valence electrons. The lowest BCUT2D eigenvalue weighted by molar-refractivity contribution is -0.127. The summed E-state index contributed by atoms with van der Waals surface area (Å²) in [6.07, 6.45) is 1.83. The van der Waals surface area contributed by atoms with Crippen LogP contribution in [0, 0.1) is 11.3 Å². The molecule has 0 saturated heterocycles. The predicted octanol–water partition coefficient (Wildman–Crippen LogP) is 1.73. The lowest BCUT2D eigenvalue weighted by atomic mass is 10.2. The Kier molecular flexibility index (Phi) is 4.90. The zero-order valence-electron chi connectivity index (χ0n) is 13.7. The van der Waals surface area contributed by atoms with Gasteiger partial charge in [-0.15, -0.1) is 10.2 Å². The van der Waals surface area contributed by atoms with Crippen molar-refractivity contribution in [3.8, 4) is 11.8 Å². The number of fused-ring (bicyclic) bond motifs is 1. The molecule has 1 N–H and O–H groups in total. The van der Waals surface area contributed by atoms with Crippen LogP contribution in [0.1, 0.15) is 18.3 Å². The SMILES string of the molecule is CC(Oc1ccc(C#N)cc1)C(=O)NCCc1nnc2ccccn12. The Hall–Kier alpha value is -3.40. The van der Waals surface area contributed by atoms with Gasteiger partial charge in [-0.3, -0.25) is 9.20 Å². The summed E-state index contributed by atoms with van der Waals surface area (Å²) in [6.45, 7) is 2.12. The Morgan fingerprint density at radius 3 is 2.84 bits per heavy atom. The summed E-state index contributed by atoms with van der Waals surface area (Å²) in [5.74, 6) is 1.12. The van der Waals surface area contributed by atoms with Crippen LogP contribution in [-0.4, -0.2) is 33.2 Å². The Morgan fingerprint density at radius 1 is 1.28 bits per heavy atom. The number of benzene rings is 1. The molecule has 0 aliphatic heterocycles. The van der Waals surface area contributed by atoms with Gasteiger partial charge in [0.05, 0.1) is 11.6 Å². The van der Waals surface area contributed by atoms with Gasteiger partial charge in [-0.25, -0.2) is 0 Å². The Bertz CT molecular complexity index is 911. The maximum absolute atomic E-state index is 12.1. The number of nitriles is 1. The maximum atomic E-state index is 12.1. The van der Waals surface area contributed by atoms with Gasteiger partial charge in [0.15, 0.2) is 11.8 Å². The van der Waals surface area contributed by atoms with Crippen molar-refractivity contribution in [1.29, 1.82) is 5.26 Å². The van der Waals surface area contributed by atoms with Crippen LogP contribution in [0.5, 0.6) is 5.75 Å². The first-order valence-corrected chi connectivity index (χ1v) is 7.90. The number of hydrogen-bond acceptors (Lipinski definition) is 5. The van der Waals surface area contributed by atoms with Crippen LogP contribution >= 0.6 is 0 Å². The van der Waals surface area contributed by atoms with E-state index in [0.29, 0.717) is 24.3 Å². The molecule has 0 aliphatic carbocycles. The Morgan fingerprint density at radius 2 is 2.08 bits per heavy atom. The number of nitrogens with zero attached hydrogens (tertiary/aromatic N) is 4. The summed E-state index contributed by atoms with van der Waals surface area (Å²) >= 11 is 0. The van der Waals surface area contributed by atoms with Gasteiger partial charge in [0.2, 0.25) is 0 Å². The van der Waals surface area contributed by atoms with Crippen LogP contribution in [0.15, 0.2) is 48.7 Å². The number of ether oxygens (including phenoxy) is 1. The number of aromatic nitrogens is 3. The van der Waals surface area contributed by atoms with Crippen molar-refractivity contribution in [1.82, 2.24) is 19.9 Å². The van der Waals surface area contributed by atoms with Gasteiger partial charge < -0.3 is 10.1 Å². The van der Waals surface area contributed by atoms with E-state index in [-0.39, 0.29) is 5.91 Å². The summed E-state index contributed by atoms with van der Waals surface area (Å²) in [7, 11) is 0. The summed E-state index contributed by atoms with van der Waals surface area (Å²) in [4.78, 5) is 12.1. The molecule has 0 fully saturated rings. The highest BCUT2D eigenvalue weighted by molar-refractivity contribution is 5.80. The average Bonchev–Trinajstić information content (AvgIpc) is 3.05. The minimum Gasteiger partial charge on any atom is -0.481 e. The number of hydrogen-bond donors (Lipinski definition) is 1. The number of carbonyl (C=O) groups is 1. The van der Waals surface area contributed by atoms with E-state index in [2.05, 4.69) is 15.5 Å². The number of pyridine rings is 1. The highest BCUT2D eigenvalue weighted by Gasteiger charge is 2.14. The van der Waals surface area contributed by atoms with Crippen molar-refractivity contribution in [2.24, 2.45) is 0 Å². The molecule has 1 unspecified atom stereocenters. The van der Waals surface area contributed by atoms with Crippen molar-refractivity contribution in [3.05, 3.63) is 60.0 Å². The first-order chi connectivity index (χ1) is 12.2. The average molecular weight is 335 g/mol. The van der Waals surface area contributed by atoms with E-state index in [9.17, 15) is 4.79 Å². The molecule has 7 nitrogen and oxygen atoms in total. The van der Waals surface area contributed by atoms with E-state index in [1.165, 1.54) is 0 Å². The molecule has 3 aromatic rings. The molecular weight excluding hydrogens is 318 g/mol. The highest BCUT2D eigenvalue weighted by Crippen LogP contribution is 2.13.